The summed E-state index contributed by atoms with van der Waals surface area (Å²) in [6.07, 6.45) is -8.06. The van der Waals surface area contributed by atoms with Gasteiger partial charge < -0.3 is 20.3 Å². The van der Waals surface area contributed by atoms with Gasteiger partial charge >= 0.3 is 12.3 Å². The number of carbonyl (C=O) groups excluding carboxylic acids is 1. The third-order valence-electron chi connectivity index (χ3n) is 5.84. The number of hydrogen-bond acceptors (Lipinski definition) is 5. The number of aliphatic hydroxyl groups excluding tert-OH is 2. The van der Waals surface area contributed by atoms with Crippen LogP contribution in [0.2, 0.25) is 0 Å². The Morgan fingerprint density at radius 3 is 2.24 bits per heavy atom. The predicted molar refractivity (Wildman–Crippen MR) is 118 cm³/mol. The number of aromatic nitrogens is 1. The molecule has 1 aliphatic carbocycles. The van der Waals surface area contributed by atoms with Gasteiger partial charge in [-0.25, -0.2) is 4.79 Å². The van der Waals surface area contributed by atoms with Gasteiger partial charge in [0, 0.05) is 24.2 Å². The molecule has 3 N–H and O–H groups in total. The Morgan fingerprint density at radius 2 is 1.62 bits per heavy atom. The number of benzene rings is 2. The number of halogens is 3. The lowest BCUT2D eigenvalue weighted by molar-refractivity contribution is -0.143. The van der Waals surface area contributed by atoms with Gasteiger partial charge in [0.1, 0.15) is 18.4 Å². The molecule has 0 saturated heterocycles. The first-order valence-corrected chi connectivity index (χ1v) is 10.7. The lowest BCUT2D eigenvalue weighted by atomic mass is 9.98. The molecule has 178 valence electrons. The minimum absolute atomic E-state index is 0.101. The summed E-state index contributed by atoms with van der Waals surface area (Å²) < 4.78 is 44.7. The number of fused-ring (bicyclic) bond motifs is 3. The number of alkyl carbamates (subject to hydrolysis) is 1. The van der Waals surface area contributed by atoms with Gasteiger partial charge in [0.2, 0.25) is 0 Å². The Kier molecular flexibility index (Phi) is 6.85. The van der Waals surface area contributed by atoms with Crippen LogP contribution in [-0.4, -0.2) is 40.5 Å². The van der Waals surface area contributed by atoms with E-state index >= 15 is 0 Å². The van der Waals surface area contributed by atoms with Crippen molar-refractivity contribution in [3.63, 3.8) is 0 Å². The van der Waals surface area contributed by atoms with E-state index in [9.17, 15) is 28.2 Å². The predicted octanol–water partition coefficient (Wildman–Crippen LogP) is 4.42. The zero-order valence-corrected chi connectivity index (χ0v) is 18.0. The Balaban J connectivity index is 1.30. The standard InChI is InChI=1S/C25H23F3N2O4/c26-25(27,28)23-19(10-5-12-29-23)22(32)21(31)11-13-30-24(33)34-14-20-17-8-3-1-6-15(17)16-7-2-4-9-18(16)20/h1-10,12,20-22,31-32H,11,13-14H2,(H,30,33). The van der Waals surface area contributed by atoms with Crippen LogP contribution in [0.4, 0.5) is 18.0 Å². The fourth-order valence-corrected chi connectivity index (χ4v) is 4.23. The maximum atomic E-state index is 13.1. The van der Waals surface area contributed by atoms with E-state index in [-0.39, 0.29) is 25.5 Å². The van der Waals surface area contributed by atoms with Crippen LogP contribution in [-0.2, 0) is 10.9 Å². The number of alkyl halides is 3. The lowest BCUT2D eigenvalue weighted by Gasteiger charge is -2.21. The molecular formula is C25H23F3N2O4. The summed E-state index contributed by atoms with van der Waals surface area (Å²) in [7, 11) is 0. The molecule has 9 heteroatoms. The van der Waals surface area contributed by atoms with Gasteiger partial charge in [0.15, 0.2) is 0 Å². The van der Waals surface area contributed by atoms with Crippen LogP contribution in [0.1, 0.15) is 40.8 Å². The molecule has 2 aromatic carbocycles. The fourth-order valence-electron chi connectivity index (χ4n) is 4.23. The molecule has 0 spiro atoms. The summed E-state index contributed by atoms with van der Waals surface area (Å²) in [5.41, 5.74) is 2.53. The van der Waals surface area contributed by atoms with Crippen LogP contribution < -0.4 is 5.32 Å². The highest BCUT2D eigenvalue weighted by molar-refractivity contribution is 5.79. The molecule has 0 saturated carbocycles. The summed E-state index contributed by atoms with van der Waals surface area (Å²) in [6.45, 7) is 0.00613. The summed E-state index contributed by atoms with van der Waals surface area (Å²) in [6, 6.07) is 18.1. The Morgan fingerprint density at radius 1 is 1.00 bits per heavy atom. The number of nitrogens with one attached hydrogen (secondary N) is 1. The van der Waals surface area contributed by atoms with Crippen LogP contribution in [0.15, 0.2) is 66.9 Å². The highest BCUT2D eigenvalue weighted by Crippen LogP contribution is 2.44. The maximum Gasteiger partial charge on any atom is 0.433 e. The van der Waals surface area contributed by atoms with Gasteiger partial charge in [-0.15, -0.1) is 0 Å². The van der Waals surface area contributed by atoms with E-state index in [2.05, 4.69) is 10.3 Å². The SMILES string of the molecule is O=C(NCCC(O)C(O)c1cccnc1C(F)(F)F)OCC1c2ccccc2-c2ccccc21. The Labute approximate surface area is 194 Å². The average molecular weight is 472 g/mol. The first-order valence-electron chi connectivity index (χ1n) is 10.7. The zero-order chi connectivity index (χ0) is 24.3. The molecule has 0 fully saturated rings. The maximum absolute atomic E-state index is 13.1. The molecule has 1 heterocycles. The first kappa shape index (κ1) is 23.7. The van der Waals surface area contributed by atoms with E-state index in [0.29, 0.717) is 0 Å². The van der Waals surface area contributed by atoms with Gasteiger partial charge in [-0.1, -0.05) is 54.6 Å². The van der Waals surface area contributed by atoms with E-state index in [4.69, 9.17) is 4.74 Å². The van der Waals surface area contributed by atoms with Crippen LogP contribution in [0.5, 0.6) is 0 Å². The monoisotopic (exact) mass is 472 g/mol. The number of ether oxygens (including phenoxy) is 1. The van der Waals surface area contributed by atoms with Gasteiger partial charge in [-0.3, -0.25) is 4.98 Å². The van der Waals surface area contributed by atoms with Crippen molar-refractivity contribution in [2.24, 2.45) is 0 Å². The highest BCUT2D eigenvalue weighted by Gasteiger charge is 2.38. The molecule has 34 heavy (non-hydrogen) atoms. The number of amides is 1. The van der Waals surface area contributed by atoms with Crippen LogP contribution in [0.3, 0.4) is 0 Å². The van der Waals surface area contributed by atoms with Crippen molar-refractivity contribution in [1.82, 2.24) is 10.3 Å². The molecule has 1 aliphatic rings. The molecule has 1 aromatic heterocycles. The van der Waals surface area contributed by atoms with Crippen molar-refractivity contribution in [3.8, 4) is 11.1 Å². The summed E-state index contributed by atoms with van der Waals surface area (Å²) in [4.78, 5) is 15.5. The average Bonchev–Trinajstić information content (AvgIpc) is 3.15. The molecule has 0 bridgehead atoms. The Bertz CT molecular complexity index is 1120. The molecule has 4 rings (SSSR count). The molecule has 2 unspecified atom stereocenters. The molecule has 0 aliphatic heterocycles. The van der Waals surface area contributed by atoms with Gasteiger partial charge in [0.05, 0.1) is 6.10 Å². The molecule has 3 aromatic rings. The van der Waals surface area contributed by atoms with Crippen LogP contribution in [0, 0.1) is 0 Å². The second kappa shape index (κ2) is 9.82. The second-order valence-electron chi connectivity index (χ2n) is 7.99. The van der Waals surface area contributed by atoms with E-state index in [1.54, 1.807) is 0 Å². The number of nitrogens with zero attached hydrogens (tertiary/aromatic N) is 1. The first-order chi connectivity index (χ1) is 16.3. The fraction of sp³-hybridized carbons (Fsp3) is 0.280. The quantitative estimate of drug-likeness (QED) is 0.474. The smallest absolute Gasteiger partial charge is 0.433 e. The molecule has 2 atom stereocenters. The molecule has 1 amide bonds. The van der Waals surface area contributed by atoms with E-state index in [1.807, 2.05) is 48.5 Å². The number of aliphatic hydroxyl groups is 2. The number of pyridine rings is 1. The summed E-state index contributed by atoms with van der Waals surface area (Å²) in [5, 5.41) is 22.8. The molecule has 6 nitrogen and oxygen atoms in total. The van der Waals surface area contributed by atoms with Crippen molar-refractivity contribution in [3.05, 3.63) is 89.2 Å². The lowest BCUT2D eigenvalue weighted by Crippen LogP contribution is -2.31. The van der Waals surface area contributed by atoms with Crippen molar-refractivity contribution in [2.75, 3.05) is 13.2 Å². The van der Waals surface area contributed by atoms with Crippen LogP contribution in [0.25, 0.3) is 11.1 Å². The topological polar surface area (TPSA) is 91.7 Å². The highest BCUT2D eigenvalue weighted by atomic mass is 19.4. The third-order valence-corrected chi connectivity index (χ3v) is 5.84. The molecular weight excluding hydrogens is 449 g/mol. The van der Waals surface area contributed by atoms with E-state index < -0.39 is 35.7 Å². The number of carbonyl (C=O) groups is 1. The zero-order valence-electron chi connectivity index (χ0n) is 18.0. The van der Waals surface area contributed by atoms with E-state index in [0.717, 1.165) is 34.5 Å². The number of hydrogen-bond donors (Lipinski definition) is 3. The largest absolute Gasteiger partial charge is 0.449 e. The van der Waals surface area contributed by atoms with Crippen molar-refractivity contribution < 1.29 is 32.9 Å². The minimum atomic E-state index is -4.77. The van der Waals surface area contributed by atoms with Gasteiger partial charge in [-0.05, 0) is 34.7 Å². The molecule has 0 radical (unpaired) electrons. The Hall–Kier alpha value is -3.43. The van der Waals surface area contributed by atoms with Gasteiger partial charge in [0.25, 0.3) is 0 Å². The van der Waals surface area contributed by atoms with Gasteiger partial charge in [-0.2, -0.15) is 13.2 Å². The minimum Gasteiger partial charge on any atom is -0.449 e. The number of rotatable bonds is 7. The van der Waals surface area contributed by atoms with Crippen molar-refractivity contribution in [1.29, 1.82) is 0 Å². The normalized spacial score (nSPS) is 14.7. The van der Waals surface area contributed by atoms with Crippen molar-refractivity contribution >= 4 is 6.09 Å². The van der Waals surface area contributed by atoms with Crippen LogP contribution >= 0.6 is 0 Å². The third kappa shape index (κ3) is 4.90. The van der Waals surface area contributed by atoms with E-state index in [1.165, 1.54) is 6.07 Å². The summed E-state index contributed by atoms with van der Waals surface area (Å²) >= 11 is 0. The second-order valence-corrected chi connectivity index (χ2v) is 7.99. The summed E-state index contributed by atoms with van der Waals surface area (Å²) in [5.74, 6) is -0.114. The van der Waals surface area contributed by atoms with Crippen molar-refractivity contribution in [2.45, 2.75) is 30.7 Å².